The molecule has 1 aromatic carbocycles. The van der Waals surface area contributed by atoms with Crippen molar-refractivity contribution in [2.45, 2.75) is 59.8 Å². The van der Waals surface area contributed by atoms with Crippen molar-refractivity contribution in [3.05, 3.63) is 54.1 Å². The molecule has 0 unspecified atom stereocenters. The molecule has 0 spiro atoms. The van der Waals surface area contributed by atoms with Gasteiger partial charge in [-0.2, -0.15) is 0 Å². The number of imidazole rings is 1. The van der Waals surface area contributed by atoms with Crippen molar-refractivity contribution in [1.82, 2.24) is 20.8 Å². The van der Waals surface area contributed by atoms with E-state index in [0.717, 1.165) is 5.56 Å². The molecule has 4 N–H and O–H groups in total. The number of aromatic nitrogens is 2. The van der Waals surface area contributed by atoms with E-state index in [9.17, 15) is 14.7 Å². The van der Waals surface area contributed by atoms with Gasteiger partial charge in [0.05, 0.1) is 18.6 Å². The fourth-order valence-electron chi connectivity index (χ4n) is 3.27. The van der Waals surface area contributed by atoms with E-state index in [1.807, 2.05) is 65.0 Å². The van der Waals surface area contributed by atoms with Crippen LogP contribution in [0.25, 0.3) is 0 Å². The van der Waals surface area contributed by atoms with E-state index in [-0.39, 0.29) is 17.9 Å². The van der Waals surface area contributed by atoms with E-state index in [1.54, 1.807) is 12.4 Å². The molecular formula is C23H34N4O4. The molecule has 0 fully saturated rings. The van der Waals surface area contributed by atoms with Crippen LogP contribution in [0.3, 0.4) is 0 Å². The van der Waals surface area contributed by atoms with E-state index in [4.69, 9.17) is 4.84 Å². The number of nitrogens with one attached hydrogen (secondary N) is 3. The minimum absolute atomic E-state index is 0.0973. The normalized spacial score (nSPS) is 14.7. The lowest BCUT2D eigenvalue weighted by atomic mass is 9.84. The van der Waals surface area contributed by atoms with Crippen LogP contribution in [0, 0.1) is 17.3 Å². The number of amides is 2. The molecule has 2 aromatic rings. The third kappa shape index (κ3) is 7.48. The molecule has 31 heavy (non-hydrogen) atoms. The van der Waals surface area contributed by atoms with Crippen molar-refractivity contribution in [1.29, 1.82) is 0 Å². The third-order valence-electron chi connectivity index (χ3n) is 4.91. The van der Waals surface area contributed by atoms with Gasteiger partial charge in [0.2, 0.25) is 5.91 Å². The molecule has 0 aliphatic heterocycles. The lowest BCUT2D eigenvalue weighted by Gasteiger charge is -2.32. The molecule has 3 atom stereocenters. The van der Waals surface area contributed by atoms with E-state index in [0.29, 0.717) is 12.2 Å². The number of hydrogen-bond acceptors (Lipinski definition) is 5. The summed E-state index contributed by atoms with van der Waals surface area (Å²) in [6.07, 6.45) is 2.11. The number of hydroxylamine groups is 1. The van der Waals surface area contributed by atoms with Gasteiger partial charge in [-0.3, -0.25) is 14.4 Å². The summed E-state index contributed by atoms with van der Waals surface area (Å²) >= 11 is 0. The van der Waals surface area contributed by atoms with Crippen LogP contribution < -0.4 is 10.8 Å². The van der Waals surface area contributed by atoms with Crippen LogP contribution in [0.5, 0.6) is 0 Å². The first-order valence-corrected chi connectivity index (χ1v) is 10.5. The predicted molar refractivity (Wildman–Crippen MR) is 117 cm³/mol. The van der Waals surface area contributed by atoms with Gasteiger partial charge in [0.1, 0.15) is 11.9 Å². The first kappa shape index (κ1) is 24.6. The Morgan fingerprint density at radius 1 is 1.16 bits per heavy atom. The summed E-state index contributed by atoms with van der Waals surface area (Å²) < 4.78 is 0. The number of carbonyl (C=O) groups is 2. The van der Waals surface area contributed by atoms with Crippen LogP contribution >= 0.6 is 0 Å². The van der Waals surface area contributed by atoms with E-state index < -0.39 is 29.9 Å². The van der Waals surface area contributed by atoms with Gasteiger partial charge in [0.15, 0.2) is 0 Å². The summed E-state index contributed by atoms with van der Waals surface area (Å²) in [6, 6.07) is 8.92. The standard InChI is InChI=1S/C23H34N4O4/c1-15(2)13-17(18(28)22(30)27-31-14-16-9-7-6-8-10-16)21(29)26-19(23(3,4)5)20-24-11-12-25-20/h6-12,15,17-19,28H,13-14H2,1-5H3,(H,24,25)(H,26,29)(H,27,30)/t17-,18+,19-/m1/s1. The maximum Gasteiger partial charge on any atom is 0.273 e. The van der Waals surface area contributed by atoms with Gasteiger partial charge in [-0.1, -0.05) is 65.0 Å². The Labute approximate surface area is 183 Å². The van der Waals surface area contributed by atoms with Gasteiger partial charge >= 0.3 is 0 Å². The zero-order valence-corrected chi connectivity index (χ0v) is 18.9. The van der Waals surface area contributed by atoms with Crippen LogP contribution in [0.1, 0.15) is 58.5 Å². The van der Waals surface area contributed by atoms with E-state index >= 15 is 0 Å². The Balaban J connectivity index is 2.06. The van der Waals surface area contributed by atoms with Gasteiger partial charge in [-0.25, -0.2) is 10.5 Å². The fraction of sp³-hybridized carbons (Fsp3) is 0.522. The molecule has 0 bridgehead atoms. The van der Waals surface area contributed by atoms with Gasteiger partial charge < -0.3 is 15.4 Å². The molecule has 2 amide bonds. The molecular weight excluding hydrogens is 396 g/mol. The van der Waals surface area contributed by atoms with Crippen LogP contribution in [0.15, 0.2) is 42.7 Å². The summed E-state index contributed by atoms with van der Waals surface area (Å²) in [5.41, 5.74) is 2.81. The summed E-state index contributed by atoms with van der Waals surface area (Å²) in [6.45, 7) is 9.98. The lowest BCUT2D eigenvalue weighted by Crippen LogP contribution is -2.48. The van der Waals surface area contributed by atoms with Crippen LogP contribution in [-0.2, 0) is 21.0 Å². The number of rotatable bonds is 10. The van der Waals surface area contributed by atoms with Crippen molar-refractivity contribution in [2.24, 2.45) is 17.3 Å². The molecule has 170 valence electrons. The number of aliphatic hydroxyl groups is 1. The summed E-state index contributed by atoms with van der Waals surface area (Å²) in [5.74, 6) is -1.37. The number of carbonyl (C=O) groups excluding carboxylic acids is 2. The predicted octanol–water partition coefficient (Wildman–Crippen LogP) is 2.88. The highest BCUT2D eigenvalue weighted by Gasteiger charge is 2.37. The molecule has 1 aromatic heterocycles. The largest absolute Gasteiger partial charge is 0.382 e. The molecule has 8 nitrogen and oxygen atoms in total. The number of aliphatic hydroxyl groups excluding tert-OH is 1. The molecule has 8 heteroatoms. The highest BCUT2D eigenvalue weighted by molar-refractivity contribution is 5.88. The zero-order chi connectivity index (χ0) is 23.0. The van der Waals surface area contributed by atoms with Crippen LogP contribution in [0.4, 0.5) is 0 Å². The van der Waals surface area contributed by atoms with Crippen molar-refractivity contribution >= 4 is 11.8 Å². The van der Waals surface area contributed by atoms with Gasteiger partial charge in [0, 0.05) is 12.4 Å². The van der Waals surface area contributed by atoms with E-state index in [2.05, 4.69) is 20.8 Å². The number of aromatic amines is 1. The van der Waals surface area contributed by atoms with Crippen molar-refractivity contribution < 1.29 is 19.5 Å². The molecule has 0 aliphatic rings. The maximum absolute atomic E-state index is 13.1. The van der Waals surface area contributed by atoms with E-state index in [1.165, 1.54) is 0 Å². The molecule has 0 radical (unpaired) electrons. The first-order valence-electron chi connectivity index (χ1n) is 10.5. The van der Waals surface area contributed by atoms with Crippen molar-refractivity contribution in [3.63, 3.8) is 0 Å². The molecule has 0 saturated heterocycles. The fourth-order valence-corrected chi connectivity index (χ4v) is 3.27. The molecule has 0 saturated carbocycles. The Morgan fingerprint density at radius 2 is 1.84 bits per heavy atom. The number of hydrogen-bond donors (Lipinski definition) is 4. The second-order valence-electron chi connectivity index (χ2n) is 9.20. The zero-order valence-electron chi connectivity index (χ0n) is 18.9. The number of benzene rings is 1. The topological polar surface area (TPSA) is 116 Å². The maximum atomic E-state index is 13.1. The van der Waals surface area contributed by atoms with Gasteiger partial charge in [-0.05, 0) is 23.3 Å². The van der Waals surface area contributed by atoms with Crippen molar-refractivity contribution in [3.8, 4) is 0 Å². The average Bonchev–Trinajstić information content (AvgIpc) is 3.23. The lowest BCUT2D eigenvalue weighted by molar-refractivity contribution is -0.151. The molecule has 1 heterocycles. The Bertz CT molecular complexity index is 816. The molecule has 2 rings (SSSR count). The highest BCUT2D eigenvalue weighted by atomic mass is 16.7. The van der Waals surface area contributed by atoms with Crippen LogP contribution in [0.2, 0.25) is 0 Å². The Kier molecular flexibility index (Phi) is 8.76. The smallest absolute Gasteiger partial charge is 0.273 e. The summed E-state index contributed by atoms with van der Waals surface area (Å²) in [4.78, 5) is 38.2. The second kappa shape index (κ2) is 11.1. The van der Waals surface area contributed by atoms with Gasteiger partial charge in [-0.15, -0.1) is 0 Å². The number of H-pyrrole nitrogens is 1. The minimum atomic E-state index is -1.55. The molecule has 0 aliphatic carbocycles. The van der Waals surface area contributed by atoms with Crippen LogP contribution in [-0.4, -0.2) is 33.0 Å². The second-order valence-corrected chi connectivity index (χ2v) is 9.20. The highest BCUT2D eigenvalue weighted by Crippen LogP contribution is 2.31. The number of nitrogens with zero attached hydrogens (tertiary/aromatic N) is 1. The monoisotopic (exact) mass is 430 g/mol. The van der Waals surface area contributed by atoms with Gasteiger partial charge in [0.25, 0.3) is 5.91 Å². The first-order chi connectivity index (χ1) is 14.6. The quantitative estimate of drug-likeness (QED) is 0.433. The van der Waals surface area contributed by atoms with Crippen molar-refractivity contribution in [2.75, 3.05) is 0 Å². The minimum Gasteiger partial charge on any atom is -0.382 e. The average molecular weight is 431 g/mol. The summed E-state index contributed by atoms with van der Waals surface area (Å²) in [7, 11) is 0. The third-order valence-corrected chi connectivity index (χ3v) is 4.91. The Hall–Kier alpha value is -2.71. The summed E-state index contributed by atoms with van der Waals surface area (Å²) in [5, 5.41) is 13.6. The Morgan fingerprint density at radius 3 is 2.39 bits per heavy atom. The SMILES string of the molecule is CC(C)C[C@@H](C(=O)N[C@H](c1ncc[nH]1)C(C)(C)C)[C@H](O)C(=O)NOCc1ccccc1.